The van der Waals surface area contributed by atoms with Crippen LogP contribution in [-0.2, 0) is 4.74 Å². The first kappa shape index (κ1) is 16.3. The third-order valence-electron chi connectivity index (χ3n) is 3.81. The van der Waals surface area contributed by atoms with Crippen molar-refractivity contribution in [1.82, 2.24) is 15.1 Å². The molecule has 1 aromatic rings. The molecule has 5 heteroatoms. The van der Waals surface area contributed by atoms with Crippen LogP contribution in [0.1, 0.15) is 53.0 Å². The summed E-state index contributed by atoms with van der Waals surface area (Å²) in [4.78, 5) is 0. The lowest BCUT2D eigenvalue weighted by Gasteiger charge is -2.44. The maximum Gasteiger partial charge on any atom is 0.157 e. The molecule has 1 saturated carbocycles. The lowest BCUT2D eigenvalue weighted by molar-refractivity contribution is -0.107. The Bertz CT molecular complexity index is 419. The van der Waals surface area contributed by atoms with Crippen LogP contribution in [0.5, 0.6) is 5.75 Å². The molecule has 0 bridgehead atoms. The van der Waals surface area contributed by atoms with E-state index in [1.54, 1.807) is 6.20 Å². The highest BCUT2D eigenvalue weighted by atomic mass is 16.5. The zero-order valence-corrected chi connectivity index (χ0v) is 13.7. The molecule has 0 spiro atoms. The van der Waals surface area contributed by atoms with E-state index in [4.69, 9.17) is 9.47 Å². The summed E-state index contributed by atoms with van der Waals surface area (Å²) in [5.41, 5.74) is 0. The number of nitrogens with zero attached hydrogens (tertiary/aromatic N) is 2. The van der Waals surface area contributed by atoms with Crippen LogP contribution < -0.4 is 10.1 Å². The predicted molar refractivity (Wildman–Crippen MR) is 83.8 cm³/mol. The average Bonchev–Trinajstić information content (AvgIpc) is 2.91. The molecule has 0 amide bonds. The normalized spacial score (nSPS) is 25.1. The Hall–Kier alpha value is -1.07. The molecule has 120 valence electrons. The lowest BCUT2D eigenvalue weighted by Crippen LogP contribution is -2.61. The molecule has 1 fully saturated rings. The molecule has 1 N–H and O–H groups in total. The highest BCUT2D eigenvalue weighted by Crippen LogP contribution is 2.29. The molecule has 3 atom stereocenters. The number of ether oxygens (including phenoxy) is 2. The third kappa shape index (κ3) is 4.20. The molecule has 1 aromatic heterocycles. The molecular weight excluding hydrogens is 266 g/mol. The number of rotatable bonds is 9. The Labute approximate surface area is 128 Å². The predicted octanol–water partition coefficient (Wildman–Crippen LogP) is 2.78. The second-order valence-corrected chi connectivity index (χ2v) is 6.04. The molecule has 5 nitrogen and oxygen atoms in total. The second-order valence-electron chi connectivity index (χ2n) is 6.04. The Morgan fingerprint density at radius 2 is 2.19 bits per heavy atom. The van der Waals surface area contributed by atoms with Crippen LogP contribution >= 0.6 is 0 Å². The van der Waals surface area contributed by atoms with E-state index in [1.807, 2.05) is 10.9 Å². The Morgan fingerprint density at radius 3 is 2.81 bits per heavy atom. The summed E-state index contributed by atoms with van der Waals surface area (Å²) in [6.07, 6.45) is 7.23. The molecule has 1 aliphatic carbocycles. The van der Waals surface area contributed by atoms with Crippen LogP contribution in [0, 0.1) is 0 Å². The van der Waals surface area contributed by atoms with Gasteiger partial charge in [-0.25, -0.2) is 0 Å². The van der Waals surface area contributed by atoms with Gasteiger partial charge in [-0.05, 0) is 33.2 Å². The Kier molecular flexibility index (Phi) is 6.06. The minimum Gasteiger partial charge on any atom is -0.484 e. The van der Waals surface area contributed by atoms with E-state index in [-0.39, 0.29) is 12.2 Å². The molecular formula is C16H29N3O2. The van der Waals surface area contributed by atoms with Crippen LogP contribution in [0.15, 0.2) is 12.4 Å². The van der Waals surface area contributed by atoms with Gasteiger partial charge in [-0.15, -0.1) is 0 Å². The van der Waals surface area contributed by atoms with E-state index in [9.17, 15) is 0 Å². The smallest absolute Gasteiger partial charge is 0.157 e. The van der Waals surface area contributed by atoms with Crippen LogP contribution in [0.3, 0.4) is 0 Å². The van der Waals surface area contributed by atoms with Gasteiger partial charge in [0.05, 0.1) is 12.4 Å². The topological polar surface area (TPSA) is 48.3 Å². The fourth-order valence-corrected chi connectivity index (χ4v) is 2.54. The zero-order chi connectivity index (χ0) is 15.2. The maximum atomic E-state index is 6.05. The second kappa shape index (κ2) is 7.80. The van der Waals surface area contributed by atoms with Gasteiger partial charge in [-0.1, -0.05) is 13.8 Å². The molecule has 0 radical (unpaired) electrons. The summed E-state index contributed by atoms with van der Waals surface area (Å²) in [6, 6.07) is 0.775. The van der Waals surface area contributed by atoms with Gasteiger partial charge in [0, 0.05) is 25.1 Å². The van der Waals surface area contributed by atoms with Crippen LogP contribution in [0.2, 0.25) is 0 Å². The summed E-state index contributed by atoms with van der Waals surface area (Å²) in [5, 5.41) is 7.86. The molecule has 1 aliphatic rings. The van der Waals surface area contributed by atoms with Crippen LogP contribution in [0.25, 0.3) is 0 Å². The van der Waals surface area contributed by atoms with Gasteiger partial charge in [-0.2, -0.15) is 5.10 Å². The van der Waals surface area contributed by atoms with Gasteiger partial charge in [0.25, 0.3) is 0 Å². The van der Waals surface area contributed by atoms with Crippen molar-refractivity contribution in [3.8, 4) is 5.75 Å². The minimum absolute atomic E-state index is 0.135. The Morgan fingerprint density at radius 1 is 1.38 bits per heavy atom. The van der Waals surface area contributed by atoms with Gasteiger partial charge >= 0.3 is 0 Å². The fourth-order valence-electron chi connectivity index (χ4n) is 2.54. The monoisotopic (exact) mass is 295 g/mol. The summed E-state index contributed by atoms with van der Waals surface area (Å²) in [7, 11) is 0. The van der Waals surface area contributed by atoms with Gasteiger partial charge in [0.1, 0.15) is 12.2 Å². The lowest BCUT2D eigenvalue weighted by atomic mass is 9.85. The maximum absolute atomic E-state index is 6.05. The van der Waals surface area contributed by atoms with E-state index in [1.165, 1.54) is 0 Å². The summed E-state index contributed by atoms with van der Waals surface area (Å²) in [6.45, 7) is 10.4. The highest BCUT2D eigenvalue weighted by molar-refractivity contribution is 5.15. The van der Waals surface area contributed by atoms with E-state index < -0.39 is 0 Å². The molecule has 3 unspecified atom stereocenters. The molecule has 21 heavy (non-hydrogen) atoms. The van der Waals surface area contributed by atoms with E-state index in [0.29, 0.717) is 12.1 Å². The van der Waals surface area contributed by atoms with Crippen LogP contribution in [0.4, 0.5) is 0 Å². The van der Waals surface area contributed by atoms with Gasteiger partial charge in [-0.3, -0.25) is 4.68 Å². The highest BCUT2D eigenvalue weighted by Gasteiger charge is 2.43. The number of hydrogen-bond donors (Lipinski definition) is 1. The number of nitrogens with one attached hydrogen (secondary N) is 1. The average molecular weight is 295 g/mol. The van der Waals surface area contributed by atoms with E-state index in [0.717, 1.165) is 38.2 Å². The summed E-state index contributed by atoms with van der Waals surface area (Å²) >= 11 is 0. The standard InChI is InChI=1S/C16H29N3O2/c1-5-7-17-14-9-15(16(14)20-8-6-2)21-13-10-18-19(11-13)12(3)4/h10-12,14-17H,5-9H2,1-4H3. The molecule has 1 heterocycles. The molecule has 0 saturated heterocycles. The van der Waals surface area contributed by atoms with Crippen molar-refractivity contribution in [2.75, 3.05) is 13.2 Å². The first-order valence-electron chi connectivity index (χ1n) is 8.21. The quantitative estimate of drug-likeness (QED) is 0.761. The van der Waals surface area contributed by atoms with Crippen molar-refractivity contribution in [2.45, 2.75) is 71.2 Å². The van der Waals surface area contributed by atoms with E-state index >= 15 is 0 Å². The van der Waals surface area contributed by atoms with Crippen molar-refractivity contribution in [3.05, 3.63) is 12.4 Å². The first-order valence-corrected chi connectivity index (χ1v) is 8.21. The minimum atomic E-state index is 0.135. The largest absolute Gasteiger partial charge is 0.484 e. The summed E-state index contributed by atoms with van der Waals surface area (Å²) < 4.78 is 13.9. The molecule has 2 rings (SSSR count). The SMILES string of the molecule is CCCNC1CC(Oc2cnn(C(C)C)c2)C1OCCC. The van der Waals surface area contributed by atoms with Crippen molar-refractivity contribution in [2.24, 2.45) is 0 Å². The van der Waals surface area contributed by atoms with Crippen LogP contribution in [-0.4, -0.2) is 41.2 Å². The van der Waals surface area contributed by atoms with Gasteiger partial charge in [0.2, 0.25) is 0 Å². The fraction of sp³-hybridized carbons (Fsp3) is 0.812. The van der Waals surface area contributed by atoms with Crippen molar-refractivity contribution in [3.63, 3.8) is 0 Å². The van der Waals surface area contributed by atoms with E-state index in [2.05, 4.69) is 38.1 Å². The molecule has 0 aliphatic heterocycles. The Balaban J connectivity index is 1.88. The van der Waals surface area contributed by atoms with Crippen molar-refractivity contribution in [1.29, 1.82) is 0 Å². The van der Waals surface area contributed by atoms with Gasteiger partial charge in [0.15, 0.2) is 5.75 Å². The number of hydrogen-bond acceptors (Lipinski definition) is 4. The molecule has 0 aromatic carbocycles. The van der Waals surface area contributed by atoms with Gasteiger partial charge < -0.3 is 14.8 Å². The first-order chi connectivity index (χ1) is 10.2. The van der Waals surface area contributed by atoms with Crippen molar-refractivity contribution < 1.29 is 9.47 Å². The third-order valence-corrected chi connectivity index (χ3v) is 3.81. The summed E-state index contributed by atoms with van der Waals surface area (Å²) in [5.74, 6) is 0.840. The number of aromatic nitrogens is 2. The van der Waals surface area contributed by atoms with Crippen molar-refractivity contribution >= 4 is 0 Å². The zero-order valence-electron chi connectivity index (χ0n) is 13.7.